The number of esters is 1. The molecule has 1 aliphatic heterocycles. The van der Waals surface area contributed by atoms with Crippen LogP contribution in [0.25, 0.3) is 6.08 Å². The predicted molar refractivity (Wildman–Crippen MR) is 133 cm³/mol. The normalized spacial score (nSPS) is 14.5. The van der Waals surface area contributed by atoms with E-state index in [1.54, 1.807) is 37.3 Å². The van der Waals surface area contributed by atoms with Crippen LogP contribution in [0.15, 0.2) is 53.4 Å². The van der Waals surface area contributed by atoms with Crippen LogP contribution in [0.2, 0.25) is 0 Å². The van der Waals surface area contributed by atoms with Gasteiger partial charge >= 0.3 is 5.97 Å². The van der Waals surface area contributed by atoms with Crippen molar-refractivity contribution < 1.29 is 23.9 Å². The van der Waals surface area contributed by atoms with Crippen molar-refractivity contribution in [2.75, 3.05) is 25.1 Å². The second-order valence-electron chi connectivity index (χ2n) is 6.93. The summed E-state index contributed by atoms with van der Waals surface area (Å²) in [4.78, 5) is 38.8. The molecule has 1 fully saturated rings. The second kappa shape index (κ2) is 11.6. The van der Waals surface area contributed by atoms with Gasteiger partial charge in [0, 0.05) is 18.7 Å². The Morgan fingerprint density at radius 3 is 2.39 bits per heavy atom. The molecule has 172 valence electrons. The number of nitrogens with one attached hydrogen (secondary N) is 1. The molecule has 1 saturated heterocycles. The highest BCUT2D eigenvalue weighted by molar-refractivity contribution is 8.26. The SMILES string of the molecule is CCOC(=O)c1ccc(NC(=O)CCN2C(=O)C(=Cc3ccc(OCC)cc3)SC2=S)cc1. The molecule has 2 aromatic rings. The van der Waals surface area contributed by atoms with Gasteiger partial charge in [0.1, 0.15) is 10.1 Å². The highest BCUT2D eigenvalue weighted by atomic mass is 32.2. The van der Waals surface area contributed by atoms with Crippen LogP contribution in [0.3, 0.4) is 0 Å². The predicted octanol–water partition coefficient (Wildman–Crippen LogP) is 4.49. The minimum atomic E-state index is -0.414. The Labute approximate surface area is 202 Å². The van der Waals surface area contributed by atoms with Gasteiger partial charge in [-0.2, -0.15) is 0 Å². The maximum Gasteiger partial charge on any atom is 0.338 e. The summed E-state index contributed by atoms with van der Waals surface area (Å²) in [6.07, 6.45) is 1.86. The van der Waals surface area contributed by atoms with Gasteiger partial charge in [0.2, 0.25) is 5.91 Å². The molecule has 2 amide bonds. The fraction of sp³-hybridized carbons (Fsp3) is 0.250. The van der Waals surface area contributed by atoms with E-state index in [9.17, 15) is 14.4 Å². The Bertz CT molecular complexity index is 1070. The lowest BCUT2D eigenvalue weighted by atomic mass is 10.2. The molecule has 1 N–H and O–H groups in total. The molecule has 0 bridgehead atoms. The summed E-state index contributed by atoms with van der Waals surface area (Å²) in [5.74, 6) is -0.124. The molecular weight excluding hydrogens is 460 g/mol. The first-order valence-electron chi connectivity index (χ1n) is 10.5. The van der Waals surface area contributed by atoms with Gasteiger partial charge in [-0.25, -0.2) is 4.79 Å². The minimum absolute atomic E-state index is 0.0857. The molecule has 9 heteroatoms. The van der Waals surface area contributed by atoms with E-state index in [4.69, 9.17) is 21.7 Å². The summed E-state index contributed by atoms with van der Waals surface area (Å²) < 4.78 is 10.8. The van der Waals surface area contributed by atoms with Gasteiger partial charge in [-0.15, -0.1) is 0 Å². The topological polar surface area (TPSA) is 84.9 Å². The third kappa shape index (κ3) is 6.66. The maximum absolute atomic E-state index is 12.8. The molecule has 0 aromatic heterocycles. The first-order chi connectivity index (χ1) is 15.9. The fourth-order valence-electron chi connectivity index (χ4n) is 3.01. The Balaban J connectivity index is 1.54. The van der Waals surface area contributed by atoms with Crippen LogP contribution in [0, 0.1) is 0 Å². The monoisotopic (exact) mass is 484 g/mol. The zero-order valence-corrected chi connectivity index (χ0v) is 20.0. The molecule has 0 spiro atoms. The van der Waals surface area contributed by atoms with Gasteiger partial charge in [-0.1, -0.05) is 36.1 Å². The van der Waals surface area contributed by atoms with Crippen molar-refractivity contribution in [2.45, 2.75) is 20.3 Å². The molecular formula is C24H24N2O5S2. The molecule has 0 radical (unpaired) electrons. The maximum atomic E-state index is 12.8. The molecule has 7 nitrogen and oxygen atoms in total. The fourth-order valence-corrected chi connectivity index (χ4v) is 4.32. The summed E-state index contributed by atoms with van der Waals surface area (Å²) in [5.41, 5.74) is 1.82. The van der Waals surface area contributed by atoms with Crippen LogP contribution in [-0.4, -0.2) is 46.8 Å². The van der Waals surface area contributed by atoms with Crippen LogP contribution in [0.4, 0.5) is 5.69 Å². The first kappa shape index (κ1) is 24.5. The highest BCUT2D eigenvalue weighted by Crippen LogP contribution is 2.32. The summed E-state index contributed by atoms with van der Waals surface area (Å²) >= 11 is 6.56. The molecule has 0 saturated carbocycles. The summed E-state index contributed by atoms with van der Waals surface area (Å²) in [6.45, 7) is 4.72. The van der Waals surface area contributed by atoms with E-state index < -0.39 is 5.97 Å². The quantitative estimate of drug-likeness (QED) is 0.319. The zero-order valence-electron chi connectivity index (χ0n) is 18.3. The van der Waals surface area contributed by atoms with E-state index in [1.165, 1.54) is 16.7 Å². The van der Waals surface area contributed by atoms with Crippen LogP contribution in [0.5, 0.6) is 5.75 Å². The molecule has 1 aliphatic rings. The Hall–Kier alpha value is -3.17. The number of thiocarbonyl (C=S) groups is 1. The lowest BCUT2D eigenvalue weighted by Gasteiger charge is -2.14. The number of anilines is 1. The van der Waals surface area contributed by atoms with Crippen molar-refractivity contribution >= 4 is 57.8 Å². The lowest BCUT2D eigenvalue weighted by Crippen LogP contribution is -2.31. The Kier molecular flexibility index (Phi) is 8.62. The van der Waals surface area contributed by atoms with Crippen molar-refractivity contribution in [3.63, 3.8) is 0 Å². The number of nitrogens with zero attached hydrogens (tertiary/aromatic N) is 1. The van der Waals surface area contributed by atoms with E-state index in [0.717, 1.165) is 11.3 Å². The van der Waals surface area contributed by atoms with Crippen molar-refractivity contribution in [3.05, 3.63) is 64.6 Å². The van der Waals surface area contributed by atoms with E-state index in [2.05, 4.69) is 5.32 Å². The lowest BCUT2D eigenvalue weighted by molar-refractivity contribution is -0.122. The number of thioether (sulfide) groups is 1. The Morgan fingerprint density at radius 1 is 1.06 bits per heavy atom. The Morgan fingerprint density at radius 2 is 1.76 bits per heavy atom. The van der Waals surface area contributed by atoms with Crippen molar-refractivity contribution in [1.82, 2.24) is 4.90 Å². The van der Waals surface area contributed by atoms with E-state index in [-0.39, 0.29) is 24.8 Å². The standard InChI is InChI=1S/C24H24N2O5S2/c1-3-30-19-11-5-16(6-12-19)15-20-22(28)26(24(32)33-20)14-13-21(27)25-18-9-7-17(8-10-18)23(29)31-4-2/h5-12,15H,3-4,13-14H2,1-2H3,(H,25,27). The average Bonchev–Trinajstić information content (AvgIpc) is 3.06. The van der Waals surface area contributed by atoms with Crippen LogP contribution in [0.1, 0.15) is 36.2 Å². The summed E-state index contributed by atoms with van der Waals surface area (Å²) in [6, 6.07) is 13.9. The number of rotatable bonds is 9. The van der Waals surface area contributed by atoms with Crippen molar-refractivity contribution in [3.8, 4) is 5.75 Å². The number of hydrogen-bond donors (Lipinski definition) is 1. The number of ether oxygens (including phenoxy) is 2. The molecule has 33 heavy (non-hydrogen) atoms. The number of hydrogen-bond acceptors (Lipinski definition) is 7. The molecule has 2 aromatic carbocycles. The van der Waals surface area contributed by atoms with Gasteiger partial charge in [0.25, 0.3) is 5.91 Å². The number of carbonyl (C=O) groups is 3. The average molecular weight is 485 g/mol. The van der Waals surface area contributed by atoms with Crippen LogP contribution >= 0.6 is 24.0 Å². The first-order valence-corrected chi connectivity index (χ1v) is 11.7. The highest BCUT2D eigenvalue weighted by Gasteiger charge is 2.32. The molecule has 3 rings (SSSR count). The van der Waals surface area contributed by atoms with Gasteiger partial charge in [-0.05, 0) is 61.9 Å². The summed E-state index contributed by atoms with van der Waals surface area (Å²) in [5, 5.41) is 2.75. The van der Waals surface area contributed by atoms with E-state index in [0.29, 0.717) is 33.7 Å². The number of carbonyl (C=O) groups excluding carboxylic acids is 3. The number of amides is 2. The van der Waals surface area contributed by atoms with Crippen molar-refractivity contribution in [2.24, 2.45) is 0 Å². The molecule has 0 unspecified atom stereocenters. The smallest absolute Gasteiger partial charge is 0.338 e. The van der Waals surface area contributed by atoms with Gasteiger partial charge in [-0.3, -0.25) is 14.5 Å². The van der Waals surface area contributed by atoms with Crippen LogP contribution in [-0.2, 0) is 14.3 Å². The van der Waals surface area contributed by atoms with Gasteiger partial charge in [0.05, 0.1) is 23.7 Å². The van der Waals surface area contributed by atoms with E-state index >= 15 is 0 Å². The number of benzene rings is 2. The van der Waals surface area contributed by atoms with Crippen LogP contribution < -0.4 is 10.1 Å². The summed E-state index contributed by atoms with van der Waals surface area (Å²) in [7, 11) is 0. The minimum Gasteiger partial charge on any atom is -0.494 e. The van der Waals surface area contributed by atoms with Gasteiger partial charge < -0.3 is 14.8 Å². The van der Waals surface area contributed by atoms with Gasteiger partial charge in [0.15, 0.2) is 0 Å². The zero-order chi connectivity index (χ0) is 23.8. The molecule has 0 aliphatic carbocycles. The largest absolute Gasteiger partial charge is 0.494 e. The third-order valence-electron chi connectivity index (χ3n) is 4.60. The van der Waals surface area contributed by atoms with E-state index in [1.807, 2.05) is 31.2 Å². The molecule has 1 heterocycles. The molecule has 0 atom stereocenters. The van der Waals surface area contributed by atoms with Crippen molar-refractivity contribution in [1.29, 1.82) is 0 Å². The second-order valence-corrected chi connectivity index (χ2v) is 8.61. The third-order valence-corrected chi connectivity index (χ3v) is 5.98.